The minimum absolute atomic E-state index is 0.0795. The third-order valence-corrected chi connectivity index (χ3v) is 6.26. The van der Waals surface area contributed by atoms with Gasteiger partial charge in [0, 0.05) is 17.1 Å². The molecule has 2 aromatic carbocycles. The number of amides is 1. The van der Waals surface area contributed by atoms with E-state index in [-0.39, 0.29) is 11.9 Å². The number of anilines is 1. The van der Waals surface area contributed by atoms with Crippen LogP contribution >= 0.6 is 11.3 Å². The Labute approximate surface area is 170 Å². The van der Waals surface area contributed by atoms with Crippen molar-refractivity contribution in [2.75, 3.05) is 11.9 Å². The molecule has 1 atom stereocenters. The van der Waals surface area contributed by atoms with Gasteiger partial charge in [0.1, 0.15) is 0 Å². The molecule has 144 valence electrons. The Morgan fingerprint density at radius 2 is 1.96 bits per heavy atom. The Hall–Kier alpha value is -2.50. The fraction of sp³-hybridized carbons (Fsp3) is 0.304. The van der Waals surface area contributed by atoms with Crippen LogP contribution < -0.4 is 5.32 Å². The Kier molecular flexibility index (Phi) is 5.55. The number of rotatable bonds is 5. The topological polar surface area (TPSA) is 45.2 Å². The minimum atomic E-state index is -0.0795. The zero-order valence-electron chi connectivity index (χ0n) is 16.3. The molecule has 1 amide bonds. The van der Waals surface area contributed by atoms with Gasteiger partial charge in [0.05, 0.1) is 17.2 Å². The van der Waals surface area contributed by atoms with Crippen LogP contribution in [0.25, 0.3) is 11.1 Å². The van der Waals surface area contributed by atoms with Gasteiger partial charge in [-0.2, -0.15) is 0 Å². The second-order valence-corrected chi connectivity index (χ2v) is 8.37. The number of carbonyl (C=O) groups excluding carboxylic acids is 1. The summed E-state index contributed by atoms with van der Waals surface area (Å²) in [6.45, 7) is 5.89. The predicted molar refractivity (Wildman–Crippen MR) is 116 cm³/mol. The second-order valence-electron chi connectivity index (χ2n) is 7.43. The Bertz CT molecular complexity index is 981. The molecule has 1 aromatic heterocycles. The number of carbonyl (C=O) groups is 1. The van der Waals surface area contributed by atoms with E-state index in [0.29, 0.717) is 0 Å². The van der Waals surface area contributed by atoms with Crippen molar-refractivity contribution in [3.05, 3.63) is 70.2 Å². The van der Waals surface area contributed by atoms with E-state index in [9.17, 15) is 4.79 Å². The zero-order valence-corrected chi connectivity index (χ0v) is 17.1. The lowest BCUT2D eigenvalue weighted by atomic mass is 10.0. The number of aromatic nitrogens is 1. The normalized spacial score (nSPS) is 17.0. The molecule has 2 heterocycles. The Morgan fingerprint density at radius 3 is 2.71 bits per heavy atom. The van der Waals surface area contributed by atoms with E-state index < -0.39 is 0 Å². The lowest BCUT2D eigenvalue weighted by molar-refractivity contribution is -0.120. The second kappa shape index (κ2) is 8.25. The molecule has 1 N–H and O–H groups in total. The van der Waals surface area contributed by atoms with Crippen molar-refractivity contribution in [1.82, 2.24) is 9.88 Å². The highest BCUT2D eigenvalue weighted by atomic mass is 32.1. The summed E-state index contributed by atoms with van der Waals surface area (Å²) in [6, 6.07) is 16.4. The molecule has 0 radical (unpaired) electrons. The number of benzene rings is 2. The molecule has 1 aliphatic heterocycles. The van der Waals surface area contributed by atoms with E-state index in [1.807, 2.05) is 24.6 Å². The van der Waals surface area contributed by atoms with E-state index >= 15 is 0 Å². The Morgan fingerprint density at radius 1 is 1.18 bits per heavy atom. The van der Waals surface area contributed by atoms with Crippen LogP contribution in [0.4, 0.5) is 5.69 Å². The van der Waals surface area contributed by atoms with Crippen LogP contribution in [0.5, 0.6) is 0 Å². The zero-order chi connectivity index (χ0) is 19.5. The molecule has 0 unspecified atom stereocenters. The molecule has 4 rings (SSSR count). The fourth-order valence-electron chi connectivity index (χ4n) is 3.80. The molecule has 28 heavy (non-hydrogen) atoms. The van der Waals surface area contributed by atoms with Gasteiger partial charge in [0.2, 0.25) is 5.91 Å². The van der Waals surface area contributed by atoms with Crippen molar-refractivity contribution in [2.45, 2.75) is 39.3 Å². The summed E-state index contributed by atoms with van der Waals surface area (Å²) in [6.07, 6.45) is 1.96. The van der Waals surface area contributed by atoms with Gasteiger partial charge in [-0.05, 0) is 56.5 Å². The van der Waals surface area contributed by atoms with E-state index in [1.54, 1.807) is 11.3 Å². The van der Waals surface area contributed by atoms with Gasteiger partial charge in [0.25, 0.3) is 0 Å². The van der Waals surface area contributed by atoms with E-state index in [0.717, 1.165) is 42.9 Å². The highest BCUT2D eigenvalue weighted by molar-refractivity contribution is 7.09. The SMILES string of the molecule is Cc1cccc(-c2cccc(NC(=O)[C@@H]3CCCN3Cc3scnc3C)c2)c1. The van der Waals surface area contributed by atoms with Crippen molar-refractivity contribution >= 4 is 22.9 Å². The number of nitrogens with one attached hydrogen (secondary N) is 1. The van der Waals surface area contributed by atoms with E-state index in [4.69, 9.17) is 0 Å². The van der Waals surface area contributed by atoms with Crippen molar-refractivity contribution in [1.29, 1.82) is 0 Å². The summed E-state index contributed by atoms with van der Waals surface area (Å²) in [7, 11) is 0. The quantitative estimate of drug-likeness (QED) is 0.663. The molecular formula is C23H25N3OS. The van der Waals surface area contributed by atoms with Crippen LogP contribution in [-0.2, 0) is 11.3 Å². The van der Waals surface area contributed by atoms with Crippen molar-refractivity contribution in [3.8, 4) is 11.1 Å². The third kappa shape index (κ3) is 4.16. The van der Waals surface area contributed by atoms with E-state index in [1.165, 1.54) is 16.0 Å². The minimum Gasteiger partial charge on any atom is -0.325 e. The first-order valence-corrected chi connectivity index (χ1v) is 10.6. The number of nitrogens with zero attached hydrogens (tertiary/aromatic N) is 2. The number of likely N-dealkylation sites (tertiary alicyclic amines) is 1. The lowest BCUT2D eigenvalue weighted by Gasteiger charge is -2.23. The molecule has 4 nitrogen and oxygen atoms in total. The first kappa shape index (κ1) is 18.8. The molecule has 5 heteroatoms. The smallest absolute Gasteiger partial charge is 0.241 e. The van der Waals surface area contributed by atoms with Crippen LogP contribution in [0.15, 0.2) is 54.0 Å². The van der Waals surface area contributed by atoms with E-state index in [2.05, 4.69) is 58.5 Å². The molecule has 0 aliphatic carbocycles. The molecule has 0 spiro atoms. The summed E-state index contributed by atoms with van der Waals surface area (Å²) < 4.78 is 0. The van der Waals surface area contributed by atoms with Crippen LogP contribution in [-0.4, -0.2) is 28.4 Å². The average Bonchev–Trinajstić information content (AvgIpc) is 3.32. The highest BCUT2D eigenvalue weighted by Crippen LogP contribution is 2.26. The van der Waals surface area contributed by atoms with Gasteiger partial charge in [0.15, 0.2) is 0 Å². The highest BCUT2D eigenvalue weighted by Gasteiger charge is 2.31. The molecule has 1 saturated heterocycles. The number of aryl methyl sites for hydroxylation is 2. The third-order valence-electron chi connectivity index (χ3n) is 5.34. The summed E-state index contributed by atoms with van der Waals surface area (Å²) in [5.41, 5.74) is 7.31. The molecule has 3 aromatic rings. The summed E-state index contributed by atoms with van der Waals surface area (Å²) in [5.74, 6) is 0.0843. The molecular weight excluding hydrogens is 366 g/mol. The fourth-order valence-corrected chi connectivity index (χ4v) is 4.60. The van der Waals surface area contributed by atoms with Crippen LogP contribution in [0, 0.1) is 13.8 Å². The van der Waals surface area contributed by atoms with Crippen LogP contribution in [0.3, 0.4) is 0 Å². The largest absolute Gasteiger partial charge is 0.325 e. The summed E-state index contributed by atoms with van der Waals surface area (Å²) >= 11 is 1.67. The maximum atomic E-state index is 13.0. The van der Waals surface area contributed by atoms with Gasteiger partial charge in [-0.25, -0.2) is 4.98 Å². The molecule has 1 aliphatic rings. The lowest BCUT2D eigenvalue weighted by Crippen LogP contribution is -2.39. The summed E-state index contributed by atoms with van der Waals surface area (Å²) in [5, 5.41) is 3.14. The standard InChI is InChI=1S/C23H25N3OS/c1-16-6-3-7-18(12-16)19-8-4-9-20(13-19)25-23(27)21-10-5-11-26(21)14-22-17(2)24-15-28-22/h3-4,6-9,12-13,15,21H,5,10-11,14H2,1-2H3,(H,25,27)/t21-/m0/s1. The monoisotopic (exact) mass is 391 g/mol. The van der Waals surface area contributed by atoms with Crippen molar-refractivity contribution in [2.24, 2.45) is 0 Å². The first-order chi connectivity index (χ1) is 13.6. The van der Waals surface area contributed by atoms with Crippen LogP contribution in [0.2, 0.25) is 0 Å². The molecule has 0 saturated carbocycles. The van der Waals surface area contributed by atoms with Crippen molar-refractivity contribution < 1.29 is 4.79 Å². The van der Waals surface area contributed by atoms with Gasteiger partial charge < -0.3 is 5.32 Å². The van der Waals surface area contributed by atoms with Gasteiger partial charge >= 0.3 is 0 Å². The van der Waals surface area contributed by atoms with Gasteiger partial charge in [-0.15, -0.1) is 11.3 Å². The first-order valence-electron chi connectivity index (χ1n) is 9.71. The van der Waals surface area contributed by atoms with Crippen LogP contribution in [0.1, 0.15) is 29.0 Å². The van der Waals surface area contributed by atoms with Gasteiger partial charge in [-0.1, -0.05) is 42.0 Å². The number of hydrogen-bond donors (Lipinski definition) is 1. The Balaban J connectivity index is 1.47. The van der Waals surface area contributed by atoms with Crippen molar-refractivity contribution in [3.63, 3.8) is 0 Å². The number of thiazole rings is 1. The molecule has 1 fully saturated rings. The molecule has 0 bridgehead atoms. The number of hydrogen-bond acceptors (Lipinski definition) is 4. The average molecular weight is 392 g/mol. The maximum Gasteiger partial charge on any atom is 0.241 e. The summed E-state index contributed by atoms with van der Waals surface area (Å²) in [4.78, 5) is 20.8. The maximum absolute atomic E-state index is 13.0. The predicted octanol–water partition coefficient (Wildman–Crippen LogP) is 5.03. The van der Waals surface area contributed by atoms with Gasteiger partial charge in [-0.3, -0.25) is 9.69 Å².